The maximum atomic E-state index is 14.7. The summed E-state index contributed by atoms with van der Waals surface area (Å²) in [7, 11) is -0.710. The highest BCUT2D eigenvalue weighted by molar-refractivity contribution is 7.90. The van der Waals surface area contributed by atoms with Gasteiger partial charge in [0.25, 0.3) is 10.0 Å². The molecule has 3 aromatic rings. The topological polar surface area (TPSA) is 120 Å². The van der Waals surface area contributed by atoms with Gasteiger partial charge in [0.15, 0.2) is 0 Å². The van der Waals surface area contributed by atoms with Gasteiger partial charge in [-0.15, -0.1) is 11.3 Å². The molecule has 4 N–H and O–H groups in total. The van der Waals surface area contributed by atoms with Gasteiger partial charge in [-0.2, -0.15) is 13.2 Å². The Balaban J connectivity index is 1.92. The molecule has 0 saturated carbocycles. The molecule has 42 heavy (non-hydrogen) atoms. The Morgan fingerprint density at radius 2 is 1.90 bits per heavy atom. The van der Waals surface area contributed by atoms with E-state index >= 15 is 0 Å². The molecule has 0 bridgehead atoms. The summed E-state index contributed by atoms with van der Waals surface area (Å²) in [5.74, 6) is 3.26. The molecule has 9 nitrogen and oxygen atoms in total. The number of carbonyl (C=O) groups excluding carboxylic acids is 1. The quantitative estimate of drug-likeness (QED) is 0.176. The molecule has 0 saturated heterocycles. The lowest BCUT2D eigenvalue weighted by atomic mass is 10.1. The van der Waals surface area contributed by atoms with E-state index in [4.69, 9.17) is 9.84 Å². The van der Waals surface area contributed by atoms with E-state index in [9.17, 15) is 30.8 Å². The van der Waals surface area contributed by atoms with Crippen LogP contribution in [0.3, 0.4) is 0 Å². The minimum absolute atomic E-state index is 0.0174. The summed E-state index contributed by atoms with van der Waals surface area (Å²) in [6, 6.07) is 6.78. The Labute approximate surface area is 244 Å². The summed E-state index contributed by atoms with van der Waals surface area (Å²) < 4.78 is 87.5. The maximum absolute atomic E-state index is 14.7. The number of likely N-dealkylation sites (N-methyl/N-ethyl adjacent to an activating group) is 1. The Kier molecular flexibility index (Phi) is 11.0. The van der Waals surface area contributed by atoms with Gasteiger partial charge in [0, 0.05) is 32.1 Å². The number of carbonyl (C=O) groups is 1. The predicted octanol–water partition coefficient (Wildman–Crippen LogP) is 3.78. The molecule has 2 aromatic carbocycles. The zero-order valence-electron chi connectivity index (χ0n) is 23.0. The van der Waals surface area contributed by atoms with Crippen molar-refractivity contribution in [1.82, 2.24) is 9.62 Å². The standard InChI is InChI=1S/C27H30F4N4O5S2/c1-17(37)34-42(38,39)25-15-23(40-13-12-36)22(14-20(25)28)32-9-5-8-24-19(16-27(29,30)31)18-6-4-7-21(26(18)41-24)33-10-11-35(2)3/h4,6-7,14-15,32-33,36H,9-13,16H2,1-3H3,(H,34,37). The third kappa shape index (κ3) is 8.96. The number of alkyl halides is 3. The predicted molar refractivity (Wildman–Crippen MR) is 154 cm³/mol. The maximum Gasteiger partial charge on any atom is 0.393 e. The van der Waals surface area contributed by atoms with E-state index in [0.29, 0.717) is 22.3 Å². The van der Waals surface area contributed by atoms with Gasteiger partial charge in [0.1, 0.15) is 23.1 Å². The van der Waals surface area contributed by atoms with Gasteiger partial charge in [-0.25, -0.2) is 17.5 Å². The van der Waals surface area contributed by atoms with E-state index in [1.807, 2.05) is 19.0 Å². The third-order valence-electron chi connectivity index (χ3n) is 5.59. The molecule has 228 valence electrons. The Morgan fingerprint density at radius 3 is 2.55 bits per heavy atom. The van der Waals surface area contributed by atoms with Crippen molar-refractivity contribution in [1.29, 1.82) is 0 Å². The minimum atomic E-state index is -4.53. The summed E-state index contributed by atoms with van der Waals surface area (Å²) in [6.07, 6.45) is -5.63. The van der Waals surface area contributed by atoms with Gasteiger partial charge < -0.3 is 25.4 Å². The molecule has 0 aliphatic rings. The second-order valence-corrected chi connectivity index (χ2v) is 12.0. The average molecular weight is 631 g/mol. The molecule has 3 rings (SSSR count). The molecule has 0 atom stereocenters. The van der Waals surface area contributed by atoms with Crippen LogP contribution in [0.5, 0.6) is 5.75 Å². The van der Waals surface area contributed by atoms with Crippen molar-refractivity contribution in [2.24, 2.45) is 0 Å². The molecular weight excluding hydrogens is 600 g/mol. The first-order valence-corrected chi connectivity index (χ1v) is 14.8. The largest absolute Gasteiger partial charge is 0.489 e. The van der Waals surface area contributed by atoms with Gasteiger partial charge >= 0.3 is 6.18 Å². The van der Waals surface area contributed by atoms with Crippen LogP contribution in [-0.2, 0) is 21.2 Å². The highest BCUT2D eigenvalue weighted by Gasteiger charge is 2.31. The number of benzene rings is 2. The molecule has 1 amide bonds. The van der Waals surface area contributed by atoms with E-state index in [-0.39, 0.29) is 35.0 Å². The van der Waals surface area contributed by atoms with Crippen LogP contribution in [-0.4, -0.2) is 77.5 Å². The van der Waals surface area contributed by atoms with Crippen molar-refractivity contribution < 1.29 is 40.6 Å². The number of nitrogens with one attached hydrogen (secondary N) is 3. The number of halogens is 4. The zero-order valence-corrected chi connectivity index (χ0v) is 24.6. The fourth-order valence-corrected chi connectivity index (χ4v) is 6.11. The molecule has 0 aliphatic carbocycles. The van der Waals surface area contributed by atoms with Crippen molar-refractivity contribution in [3.05, 3.63) is 46.6 Å². The van der Waals surface area contributed by atoms with E-state index in [1.54, 1.807) is 22.9 Å². The monoisotopic (exact) mass is 630 g/mol. The van der Waals surface area contributed by atoms with E-state index in [1.165, 1.54) is 0 Å². The lowest BCUT2D eigenvalue weighted by molar-refractivity contribution is -0.127. The summed E-state index contributed by atoms with van der Waals surface area (Å²) in [4.78, 5) is 12.6. The Bertz CT molecular complexity index is 1600. The minimum Gasteiger partial charge on any atom is -0.489 e. The lowest BCUT2D eigenvalue weighted by Crippen LogP contribution is -2.29. The first kappa shape index (κ1) is 32.9. The SMILES string of the molecule is CC(=O)NS(=O)(=O)c1cc(OCCO)c(NCC#Cc2sc3c(NCCN(C)C)cccc3c2CC(F)(F)F)cc1F. The second-order valence-electron chi connectivity index (χ2n) is 9.28. The fraction of sp³-hybridized carbons (Fsp3) is 0.370. The number of hydrogen-bond acceptors (Lipinski definition) is 9. The molecule has 0 unspecified atom stereocenters. The van der Waals surface area contributed by atoms with Crippen molar-refractivity contribution in [3.63, 3.8) is 0 Å². The number of nitrogens with zero attached hydrogens (tertiary/aromatic N) is 1. The van der Waals surface area contributed by atoms with Gasteiger partial charge in [0.2, 0.25) is 5.91 Å². The molecular formula is C27H30F4N4O5S2. The highest BCUT2D eigenvalue weighted by Crippen LogP contribution is 2.39. The van der Waals surface area contributed by atoms with Gasteiger partial charge in [0.05, 0.1) is 40.5 Å². The first-order valence-electron chi connectivity index (χ1n) is 12.5. The summed E-state index contributed by atoms with van der Waals surface area (Å²) in [5.41, 5.74) is 0.734. The van der Waals surface area contributed by atoms with Crippen LogP contribution in [0, 0.1) is 17.7 Å². The van der Waals surface area contributed by atoms with Crippen molar-refractivity contribution in [2.45, 2.75) is 24.4 Å². The van der Waals surface area contributed by atoms with Crippen LogP contribution in [0.2, 0.25) is 0 Å². The van der Waals surface area contributed by atoms with E-state index in [2.05, 4.69) is 22.5 Å². The summed E-state index contributed by atoms with van der Waals surface area (Å²) in [6.45, 7) is 1.42. The fourth-order valence-electron chi connectivity index (χ4n) is 3.86. The molecule has 0 radical (unpaired) electrons. The van der Waals surface area contributed by atoms with Crippen molar-refractivity contribution in [3.8, 4) is 17.6 Å². The average Bonchev–Trinajstić information content (AvgIpc) is 3.21. The van der Waals surface area contributed by atoms with Crippen LogP contribution >= 0.6 is 11.3 Å². The Morgan fingerprint density at radius 1 is 1.17 bits per heavy atom. The van der Waals surface area contributed by atoms with Crippen LogP contribution < -0.4 is 20.1 Å². The van der Waals surface area contributed by atoms with E-state index in [0.717, 1.165) is 36.9 Å². The highest BCUT2D eigenvalue weighted by atomic mass is 32.2. The zero-order chi connectivity index (χ0) is 31.1. The van der Waals surface area contributed by atoms with Gasteiger partial charge in [-0.05, 0) is 31.1 Å². The number of aliphatic hydroxyl groups excluding tert-OH is 1. The number of rotatable bonds is 12. The number of amides is 1. The van der Waals surface area contributed by atoms with Crippen molar-refractivity contribution >= 4 is 48.7 Å². The number of thiophene rings is 1. The number of aliphatic hydroxyl groups is 1. The summed E-state index contributed by atoms with van der Waals surface area (Å²) >= 11 is 1.13. The number of hydrogen-bond donors (Lipinski definition) is 4. The van der Waals surface area contributed by atoms with Crippen LogP contribution in [0.15, 0.2) is 35.2 Å². The Hall–Kier alpha value is -3.58. The van der Waals surface area contributed by atoms with E-state index < -0.39 is 45.8 Å². The first-order chi connectivity index (χ1) is 19.7. The van der Waals surface area contributed by atoms with Crippen LogP contribution in [0.25, 0.3) is 10.1 Å². The molecule has 0 fully saturated rings. The van der Waals surface area contributed by atoms with Crippen molar-refractivity contribution in [2.75, 3.05) is 57.6 Å². The van der Waals surface area contributed by atoms with Gasteiger partial charge in [-0.3, -0.25) is 4.79 Å². The number of anilines is 2. The molecule has 1 aromatic heterocycles. The number of fused-ring (bicyclic) bond motifs is 1. The number of ether oxygens (including phenoxy) is 1. The molecule has 0 aliphatic heterocycles. The van der Waals surface area contributed by atoms with Crippen LogP contribution in [0.1, 0.15) is 17.4 Å². The lowest BCUT2D eigenvalue weighted by Gasteiger charge is -2.14. The molecule has 15 heteroatoms. The summed E-state index contributed by atoms with van der Waals surface area (Å²) in [5, 5.41) is 15.6. The number of sulfonamides is 1. The normalized spacial score (nSPS) is 11.7. The smallest absolute Gasteiger partial charge is 0.393 e. The van der Waals surface area contributed by atoms with Crippen LogP contribution in [0.4, 0.5) is 28.9 Å². The molecule has 1 heterocycles. The third-order valence-corrected chi connectivity index (χ3v) is 8.23. The van der Waals surface area contributed by atoms with Gasteiger partial charge in [-0.1, -0.05) is 24.0 Å². The second kappa shape index (κ2) is 14.1. The molecule has 0 spiro atoms.